The first-order valence-corrected chi connectivity index (χ1v) is 10.1. The zero-order valence-corrected chi connectivity index (χ0v) is 18.1. The van der Waals surface area contributed by atoms with E-state index in [0.717, 1.165) is 35.5 Å². The molecular weight excluding hydrogens is 382 g/mol. The third-order valence-electron chi connectivity index (χ3n) is 5.35. The van der Waals surface area contributed by atoms with Crippen molar-refractivity contribution in [1.29, 1.82) is 0 Å². The summed E-state index contributed by atoms with van der Waals surface area (Å²) in [4.78, 5) is 15.4. The van der Waals surface area contributed by atoms with Crippen molar-refractivity contribution in [3.63, 3.8) is 0 Å². The van der Waals surface area contributed by atoms with Crippen molar-refractivity contribution in [2.24, 2.45) is 5.92 Å². The van der Waals surface area contributed by atoms with E-state index < -0.39 is 0 Å². The molecule has 0 fully saturated rings. The number of methoxy groups -OCH3 is 2. The quantitative estimate of drug-likeness (QED) is 0.681. The zero-order valence-electron chi connectivity index (χ0n) is 18.1. The molecule has 0 bridgehead atoms. The van der Waals surface area contributed by atoms with Crippen LogP contribution in [-0.4, -0.2) is 38.2 Å². The number of Topliss-reactive ketones (excluding diaryl/α,β-unsaturated/α-hetero) is 1. The van der Waals surface area contributed by atoms with Crippen LogP contribution in [0.25, 0.3) is 6.08 Å². The Morgan fingerprint density at radius 2 is 1.97 bits per heavy atom. The Labute approximate surface area is 177 Å². The normalized spacial score (nSPS) is 16.9. The summed E-state index contributed by atoms with van der Waals surface area (Å²) in [6.45, 7) is 8.57. The zero-order chi connectivity index (χ0) is 21.4. The molecule has 0 radical (unpaired) electrons. The number of nitrogens with zero attached hydrogens (tertiary/aromatic N) is 1. The van der Waals surface area contributed by atoms with Crippen LogP contribution in [0.15, 0.2) is 30.0 Å². The summed E-state index contributed by atoms with van der Waals surface area (Å²) in [5.41, 5.74) is 3.22. The predicted octanol–water partition coefficient (Wildman–Crippen LogP) is 4.44. The molecule has 2 aliphatic heterocycles. The van der Waals surface area contributed by atoms with Gasteiger partial charge in [-0.3, -0.25) is 9.69 Å². The highest BCUT2D eigenvalue weighted by molar-refractivity contribution is 6.15. The van der Waals surface area contributed by atoms with Gasteiger partial charge in [0.25, 0.3) is 0 Å². The van der Waals surface area contributed by atoms with Crippen LogP contribution in [0, 0.1) is 12.8 Å². The maximum Gasteiger partial charge on any atom is 0.231 e. The van der Waals surface area contributed by atoms with Gasteiger partial charge >= 0.3 is 0 Å². The maximum atomic E-state index is 13.1. The lowest BCUT2D eigenvalue weighted by Crippen LogP contribution is -2.35. The first-order valence-electron chi connectivity index (χ1n) is 10.1. The molecule has 0 aromatic heterocycles. The molecule has 2 aromatic rings. The summed E-state index contributed by atoms with van der Waals surface area (Å²) in [6.07, 6.45) is 1.71. The molecule has 6 nitrogen and oxygen atoms in total. The second-order valence-electron chi connectivity index (χ2n) is 8.09. The minimum atomic E-state index is -0.130. The van der Waals surface area contributed by atoms with E-state index in [4.69, 9.17) is 18.9 Å². The van der Waals surface area contributed by atoms with Crippen molar-refractivity contribution >= 4 is 11.9 Å². The lowest BCUT2D eigenvalue weighted by Gasteiger charge is -2.31. The van der Waals surface area contributed by atoms with Crippen LogP contribution >= 0.6 is 0 Å². The Hall–Kier alpha value is -2.99. The fourth-order valence-electron chi connectivity index (χ4n) is 4.01. The molecule has 0 amide bonds. The van der Waals surface area contributed by atoms with Crippen LogP contribution in [0.3, 0.4) is 0 Å². The predicted molar refractivity (Wildman–Crippen MR) is 114 cm³/mol. The molecule has 2 aliphatic rings. The minimum absolute atomic E-state index is 0.130. The van der Waals surface area contributed by atoms with Crippen LogP contribution in [0.2, 0.25) is 0 Å². The first-order chi connectivity index (χ1) is 14.4. The Kier molecular flexibility index (Phi) is 5.43. The molecule has 0 atom stereocenters. The van der Waals surface area contributed by atoms with Crippen molar-refractivity contribution in [2.45, 2.75) is 27.3 Å². The van der Waals surface area contributed by atoms with Gasteiger partial charge in [0.1, 0.15) is 29.7 Å². The third-order valence-corrected chi connectivity index (χ3v) is 5.35. The summed E-state index contributed by atoms with van der Waals surface area (Å²) in [6, 6.07) is 7.36. The van der Waals surface area contributed by atoms with Gasteiger partial charge in [-0.25, -0.2) is 0 Å². The number of ether oxygens (including phenoxy) is 4. The molecule has 2 aromatic carbocycles. The number of hydrogen-bond donors (Lipinski definition) is 0. The monoisotopic (exact) mass is 409 g/mol. The Morgan fingerprint density at radius 1 is 1.17 bits per heavy atom. The summed E-state index contributed by atoms with van der Waals surface area (Å²) in [7, 11) is 3.18. The van der Waals surface area contributed by atoms with Gasteiger partial charge in [0, 0.05) is 35.8 Å². The maximum absolute atomic E-state index is 13.1. The molecule has 4 rings (SSSR count). The summed E-state index contributed by atoms with van der Waals surface area (Å²) >= 11 is 0. The summed E-state index contributed by atoms with van der Waals surface area (Å²) < 4.78 is 22.7. The lowest BCUT2D eigenvalue weighted by atomic mass is 9.99. The molecule has 0 unspecified atom stereocenters. The molecule has 6 heteroatoms. The van der Waals surface area contributed by atoms with Crippen LogP contribution < -0.4 is 18.9 Å². The Morgan fingerprint density at radius 3 is 2.67 bits per heavy atom. The van der Waals surface area contributed by atoms with Gasteiger partial charge in [-0.1, -0.05) is 13.8 Å². The van der Waals surface area contributed by atoms with E-state index in [1.807, 2.05) is 25.1 Å². The second kappa shape index (κ2) is 8.03. The minimum Gasteiger partial charge on any atom is -0.497 e. The van der Waals surface area contributed by atoms with E-state index in [0.29, 0.717) is 35.5 Å². The first kappa shape index (κ1) is 20.3. The van der Waals surface area contributed by atoms with E-state index in [-0.39, 0.29) is 11.5 Å². The summed E-state index contributed by atoms with van der Waals surface area (Å²) in [5, 5.41) is 0. The van der Waals surface area contributed by atoms with E-state index in [9.17, 15) is 4.79 Å². The molecule has 0 N–H and O–H groups in total. The molecular formula is C24H27NO5. The summed E-state index contributed by atoms with van der Waals surface area (Å²) in [5.74, 6) is 3.39. The fraction of sp³-hybridized carbons (Fsp3) is 0.375. The van der Waals surface area contributed by atoms with Crippen LogP contribution in [0.1, 0.15) is 40.9 Å². The molecule has 0 saturated carbocycles. The molecule has 2 heterocycles. The largest absolute Gasteiger partial charge is 0.497 e. The Balaban J connectivity index is 1.67. The van der Waals surface area contributed by atoms with Crippen LogP contribution in [0.5, 0.6) is 23.0 Å². The van der Waals surface area contributed by atoms with Crippen molar-refractivity contribution < 1.29 is 23.7 Å². The average Bonchev–Trinajstić information content (AvgIpc) is 3.04. The van der Waals surface area contributed by atoms with Crippen molar-refractivity contribution in [2.75, 3.05) is 27.5 Å². The molecule has 0 saturated heterocycles. The number of fused-ring (bicyclic) bond motifs is 2. The van der Waals surface area contributed by atoms with Crippen molar-refractivity contribution in [3.8, 4) is 23.0 Å². The molecule has 158 valence electrons. The van der Waals surface area contributed by atoms with Gasteiger partial charge in [-0.15, -0.1) is 0 Å². The topological polar surface area (TPSA) is 57.2 Å². The van der Waals surface area contributed by atoms with Gasteiger partial charge < -0.3 is 18.9 Å². The number of allylic oxidation sites excluding steroid dienone is 1. The second-order valence-corrected chi connectivity index (χ2v) is 8.09. The van der Waals surface area contributed by atoms with Crippen LogP contribution in [-0.2, 0) is 6.54 Å². The van der Waals surface area contributed by atoms with Gasteiger partial charge in [-0.2, -0.15) is 0 Å². The van der Waals surface area contributed by atoms with E-state index in [1.54, 1.807) is 26.4 Å². The smallest absolute Gasteiger partial charge is 0.231 e. The fourth-order valence-corrected chi connectivity index (χ4v) is 4.01. The SMILES string of the molecule is COc1ccc(/C=C2\Oc3c(cc4c(c3C)OCN(CC(C)C)C4)C2=O)c(OC)c1. The average molecular weight is 409 g/mol. The van der Waals surface area contributed by atoms with E-state index in [1.165, 1.54) is 0 Å². The standard InChI is InChI=1S/C24H27NO5/c1-14(2)11-25-12-17-8-19-22(26)21(30-24(19)15(3)23(17)29-13-25)9-16-6-7-18(27-4)10-20(16)28-5/h6-10,14H,11-13H2,1-5H3/b21-9-. The number of rotatable bonds is 5. The number of carbonyl (C=O) groups excluding carboxylic acids is 1. The third kappa shape index (κ3) is 3.63. The number of ketones is 1. The highest BCUT2D eigenvalue weighted by Crippen LogP contribution is 2.43. The lowest BCUT2D eigenvalue weighted by molar-refractivity contribution is 0.0835. The van der Waals surface area contributed by atoms with E-state index in [2.05, 4.69) is 18.7 Å². The van der Waals surface area contributed by atoms with E-state index >= 15 is 0 Å². The van der Waals surface area contributed by atoms with Crippen molar-refractivity contribution in [3.05, 3.63) is 52.3 Å². The van der Waals surface area contributed by atoms with Gasteiger partial charge in [0.05, 0.1) is 19.8 Å². The molecule has 0 spiro atoms. The van der Waals surface area contributed by atoms with Crippen LogP contribution in [0.4, 0.5) is 0 Å². The van der Waals surface area contributed by atoms with Gasteiger partial charge in [0.2, 0.25) is 5.78 Å². The highest BCUT2D eigenvalue weighted by atomic mass is 16.5. The number of carbonyl (C=O) groups is 1. The van der Waals surface area contributed by atoms with Gasteiger partial charge in [-0.05, 0) is 37.1 Å². The van der Waals surface area contributed by atoms with Crippen molar-refractivity contribution in [1.82, 2.24) is 4.90 Å². The molecule has 30 heavy (non-hydrogen) atoms. The number of hydrogen-bond acceptors (Lipinski definition) is 6. The van der Waals surface area contributed by atoms with Gasteiger partial charge in [0.15, 0.2) is 5.76 Å². The Bertz CT molecular complexity index is 1020. The highest BCUT2D eigenvalue weighted by Gasteiger charge is 2.33. The number of benzene rings is 2. The molecule has 0 aliphatic carbocycles.